The highest BCUT2D eigenvalue weighted by Gasteiger charge is 2.24. The van der Waals surface area contributed by atoms with Crippen molar-refractivity contribution in [1.82, 2.24) is 14.9 Å². The number of aryl methyl sites for hydroxylation is 1. The monoisotopic (exact) mass is 309 g/mol. The quantitative estimate of drug-likeness (QED) is 0.846. The molecule has 0 fully saturated rings. The van der Waals surface area contributed by atoms with E-state index in [0.717, 1.165) is 12.0 Å². The highest BCUT2D eigenvalue weighted by molar-refractivity contribution is 7.89. The van der Waals surface area contributed by atoms with E-state index in [9.17, 15) is 8.42 Å². The first-order valence-electron chi connectivity index (χ1n) is 6.93. The van der Waals surface area contributed by atoms with Gasteiger partial charge in [0, 0.05) is 6.42 Å². The fraction of sp³-hybridized carbons (Fsp3) is 0.429. The molecule has 0 saturated carbocycles. The minimum atomic E-state index is -3.39. The Morgan fingerprint density at radius 1 is 1.24 bits per heavy atom. The topological polar surface area (TPSA) is 85.1 Å². The maximum absolute atomic E-state index is 11.9. The first-order chi connectivity index (χ1) is 10.1. The van der Waals surface area contributed by atoms with Crippen molar-refractivity contribution in [3.8, 4) is 0 Å². The Bertz CT molecular complexity index is 668. The summed E-state index contributed by atoms with van der Waals surface area (Å²) in [7, 11) is -3.39. The first kappa shape index (κ1) is 15.7. The van der Waals surface area contributed by atoms with Gasteiger partial charge in [-0.1, -0.05) is 42.4 Å². The predicted molar refractivity (Wildman–Crippen MR) is 79.2 cm³/mol. The Balaban J connectivity index is 2.35. The summed E-state index contributed by atoms with van der Waals surface area (Å²) in [5, 5.41) is 3.92. The van der Waals surface area contributed by atoms with E-state index in [2.05, 4.69) is 14.9 Å². The van der Waals surface area contributed by atoms with Crippen molar-refractivity contribution in [3.05, 3.63) is 47.6 Å². The zero-order valence-electron chi connectivity index (χ0n) is 12.1. The maximum atomic E-state index is 11.9. The lowest BCUT2D eigenvalue weighted by atomic mass is 10.1. The summed E-state index contributed by atoms with van der Waals surface area (Å²) in [6.45, 7) is 3.60. The lowest BCUT2D eigenvalue weighted by molar-refractivity contribution is 0.369. The van der Waals surface area contributed by atoms with Crippen molar-refractivity contribution in [2.24, 2.45) is 0 Å². The van der Waals surface area contributed by atoms with Gasteiger partial charge in [0.2, 0.25) is 15.9 Å². The number of rotatable bonds is 7. The third-order valence-electron chi connectivity index (χ3n) is 3.02. The molecule has 0 aliphatic heterocycles. The molecule has 1 heterocycles. The highest BCUT2D eigenvalue weighted by atomic mass is 32.2. The van der Waals surface area contributed by atoms with Crippen LogP contribution in [-0.2, 0) is 16.4 Å². The lowest BCUT2D eigenvalue weighted by Gasteiger charge is -2.15. The Kier molecular flexibility index (Phi) is 5.08. The zero-order valence-corrected chi connectivity index (χ0v) is 12.9. The SMILES string of the molecule is CCCc1nc([C@@H](NS(=O)(=O)CC)c2ccccc2)no1. The molecular formula is C14H19N3O3S. The van der Waals surface area contributed by atoms with Crippen molar-refractivity contribution in [2.75, 3.05) is 5.75 Å². The van der Waals surface area contributed by atoms with Gasteiger partial charge in [0.25, 0.3) is 0 Å². The molecule has 21 heavy (non-hydrogen) atoms. The molecule has 2 aromatic rings. The number of sulfonamides is 1. The first-order valence-corrected chi connectivity index (χ1v) is 8.58. The Hall–Kier alpha value is -1.73. The second-order valence-corrected chi connectivity index (χ2v) is 6.70. The molecule has 2 rings (SSSR count). The van der Waals surface area contributed by atoms with Crippen molar-refractivity contribution >= 4 is 10.0 Å². The van der Waals surface area contributed by atoms with Crippen LogP contribution in [0.2, 0.25) is 0 Å². The molecule has 0 unspecified atom stereocenters. The Morgan fingerprint density at radius 2 is 1.95 bits per heavy atom. The molecule has 6 nitrogen and oxygen atoms in total. The molecule has 0 radical (unpaired) electrons. The number of hydrogen-bond donors (Lipinski definition) is 1. The van der Waals surface area contributed by atoms with Crippen LogP contribution in [0.5, 0.6) is 0 Å². The number of hydrogen-bond acceptors (Lipinski definition) is 5. The van der Waals surface area contributed by atoms with E-state index in [-0.39, 0.29) is 5.75 Å². The van der Waals surface area contributed by atoms with Crippen molar-refractivity contribution in [3.63, 3.8) is 0 Å². The van der Waals surface area contributed by atoms with E-state index in [1.807, 2.05) is 37.3 Å². The second-order valence-electron chi connectivity index (χ2n) is 4.66. The van der Waals surface area contributed by atoms with Crippen LogP contribution < -0.4 is 4.72 Å². The van der Waals surface area contributed by atoms with Gasteiger partial charge in [-0.05, 0) is 18.9 Å². The average molecular weight is 309 g/mol. The summed E-state index contributed by atoms with van der Waals surface area (Å²) in [6.07, 6.45) is 1.56. The van der Waals surface area contributed by atoms with Gasteiger partial charge in [0.15, 0.2) is 5.82 Å². The number of benzene rings is 1. The van der Waals surface area contributed by atoms with E-state index in [4.69, 9.17) is 4.52 Å². The summed E-state index contributed by atoms with van der Waals surface area (Å²) in [5.41, 5.74) is 0.776. The normalized spacial score (nSPS) is 13.2. The summed E-state index contributed by atoms with van der Waals surface area (Å²) in [5.74, 6) is 0.849. The molecule has 7 heteroatoms. The summed E-state index contributed by atoms with van der Waals surface area (Å²) in [6, 6.07) is 8.58. The second kappa shape index (κ2) is 6.82. The molecule has 0 saturated heterocycles. The standard InChI is InChI=1S/C14H19N3O3S/c1-3-8-12-15-14(16-20-12)13(17-21(18,19)4-2)11-9-6-5-7-10-11/h5-7,9-10,13,17H,3-4,8H2,1-2H3/t13-/m0/s1. The molecule has 0 bridgehead atoms. The number of nitrogens with one attached hydrogen (secondary N) is 1. The molecule has 0 spiro atoms. The van der Waals surface area contributed by atoms with E-state index < -0.39 is 16.1 Å². The Morgan fingerprint density at radius 3 is 2.57 bits per heavy atom. The van der Waals surface area contributed by atoms with E-state index >= 15 is 0 Å². The minimum Gasteiger partial charge on any atom is -0.339 e. The van der Waals surface area contributed by atoms with Gasteiger partial charge in [0.1, 0.15) is 6.04 Å². The van der Waals surface area contributed by atoms with Crippen LogP contribution >= 0.6 is 0 Å². The van der Waals surface area contributed by atoms with Crippen molar-refractivity contribution < 1.29 is 12.9 Å². The van der Waals surface area contributed by atoms with Crippen molar-refractivity contribution in [2.45, 2.75) is 32.7 Å². The molecular weight excluding hydrogens is 290 g/mol. The molecule has 1 N–H and O–H groups in total. The van der Waals surface area contributed by atoms with Crippen LogP contribution in [0.3, 0.4) is 0 Å². The minimum absolute atomic E-state index is 0.00397. The van der Waals surface area contributed by atoms with E-state index in [1.54, 1.807) is 6.92 Å². The predicted octanol–water partition coefficient (Wildman–Crippen LogP) is 2.05. The maximum Gasteiger partial charge on any atom is 0.226 e. The highest BCUT2D eigenvalue weighted by Crippen LogP contribution is 2.20. The van der Waals surface area contributed by atoms with Crippen LogP contribution in [0.15, 0.2) is 34.9 Å². The van der Waals surface area contributed by atoms with Gasteiger partial charge >= 0.3 is 0 Å². The van der Waals surface area contributed by atoms with Crippen LogP contribution in [0.4, 0.5) is 0 Å². The van der Waals surface area contributed by atoms with Crippen LogP contribution in [0.1, 0.15) is 43.6 Å². The van der Waals surface area contributed by atoms with Gasteiger partial charge in [-0.25, -0.2) is 8.42 Å². The molecule has 0 aliphatic rings. The summed E-state index contributed by atoms with van der Waals surface area (Å²) in [4.78, 5) is 4.29. The smallest absolute Gasteiger partial charge is 0.226 e. The fourth-order valence-electron chi connectivity index (χ4n) is 1.88. The van der Waals surface area contributed by atoms with Gasteiger partial charge in [-0.3, -0.25) is 0 Å². The molecule has 1 aromatic heterocycles. The number of aromatic nitrogens is 2. The number of nitrogens with zero attached hydrogens (tertiary/aromatic N) is 2. The molecule has 1 atom stereocenters. The molecule has 1 aromatic carbocycles. The third kappa shape index (κ3) is 4.12. The third-order valence-corrected chi connectivity index (χ3v) is 4.37. The molecule has 114 valence electrons. The largest absolute Gasteiger partial charge is 0.339 e. The van der Waals surface area contributed by atoms with Gasteiger partial charge in [-0.2, -0.15) is 9.71 Å². The fourth-order valence-corrected chi connectivity index (χ4v) is 2.65. The summed E-state index contributed by atoms with van der Waals surface area (Å²) < 4.78 is 31.6. The van der Waals surface area contributed by atoms with Crippen LogP contribution in [0, 0.1) is 0 Å². The zero-order chi connectivity index (χ0) is 15.3. The molecule has 0 amide bonds. The summed E-state index contributed by atoms with van der Waals surface area (Å²) >= 11 is 0. The van der Waals surface area contributed by atoms with E-state index in [0.29, 0.717) is 18.1 Å². The van der Waals surface area contributed by atoms with Gasteiger partial charge in [0.05, 0.1) is 5.75 Å². The van der Waals surface area contributed by atoms with Crippen LogP contribution in [-0.4, -0.2) is 24.3 Å². The van der Waals surface area contributed by atoms with E-state index in [1.165, 1.54) is 0 Å². The molecule has 0 aliphatic carbocycles. The van der Waals surface area contributed by atoms with Gasteiger partial charge < -0.3 is 4.52 Å². The Labute approximate surface area is 124 Å². The average Bonchev–Trinajstić information content (AvgIpc) is 2.95. The van der Waals surface area contributed by atoms with Gasteiger partial charge in [-0.15, -0.1) is 0 Å². The van der Waals surface area contributed by atoms with Crippen LogP contribution in [0.25, 0.3) is 0 Å². The lowest BCUT2D eigenvalue weighted by Crippen LogP contribution is -2.31. The van der Waals surface area contributed by atoms with Crippen molar-refractivity contribution in [1.29, 1.82) is 0 Å².